The zero-order chi connectivity index (χ0) is 20.3. The third-order valence-electron chi connectivity index (χ3n) is 4.05. The zero-order valence-corrected chi connectivity index (χ0v) is 14.6. The first kappa shape index (κ1) is 19.5. The van der Waals surface area contributed by atoms with E-state index in [1.807, 2.05) is 4.90 Å². The van der Waals surface area contributed by atoms with Gasteiger partial charge in [0, 0.05) is 44.0 Å². The van der Waals surface area contributed by atoms with Crippen LogP contribution in [0.2, 0.25) is 0 Å². The third-order valence-corrected chi connectivity index (χ3v) is 4.05. The van der Waals surface area contributed by atoms with E-state index in [1.165, 1.54) is 17.1 Å². The van der Waals surface area contributed by atoms with Crippen LogP contribution in [0.1, 0.15) is 5.56 Å². The quantitative estimate of drug-likeness (QED) is 0.750. The number of H-pyrrole nitrogens is 1. The molecule has 3 heterocycles. The number of ether oxygens (including phenoxy) is 1. The van der Waals surface area contributed by atoms with Gasteiger partial charge in [0.05, 0.1) is 6.20 Å². The summed E-state index contributed by atoms with van der Waals surface area (Å²) in [5.41, 5.74) is 6.81. The Morgan fingerprint density at radius 1 is 1.29 bits per heavy atom. The highest BCUT2D eigenvalue weighted by Crippen LogP contribution is 2.21. The van der Waals surface area contributed by atoms with Gasteiger partial charge in [0.2, 0.25) is 5.91 Å². The van der Waals surface area contributed by atoms with Crippen molar-refractivity contribution in [3.8, 4) is 0 Å². The van der Waals surface area contributed by atoms with Crippen molar-refractivity contribution in [1.82, 2.24) is 19.9 Å². The lowest BCUT2D eigenvalue weighted by molar-refractivity contribution is -0.162. The van der Waals surface area contributed by atoms with Crippen molar-refractivity contribution < 1.29 is 27.5 Å². The molecule has 3 rings (SSSR count). The van der Waals surface area contributed by atoms with Crippen molar-refractivity contribution in [3.63, 3.8) is 0 Å². The summed E-state index contributed by atoms with van der Waals surface area (Å²) >= 11 is 0. The van der Waals surface area contributed by atoms with Crippen LogP contribution in [0, 0.1) is 0 Å². The molecule has 1 fully saturated rings. The first-order chi connectivity index (χ1) is 13.2. The van der Waals surface area contributed by atoms with Crippen LogP contribution in [0.15, 0.2) is 18.5 Å². The molecule has 0 aliphatic carbocycles. The number of aromatic amines is 1. The number of fused-ring (bicyclic) bond motifs is 1. The van der Waals surface area contributed by atoms with E-state index in [2.05, 4.69) is 19.7 Å². The standard InChI is InChI=1S/C16H17F3N6O3/c17-16(18,19)9-28-15(27)25-5-3-24(4-6-25)12-8-22-14-13(23-12)10(7-21-14)1-2-11(20)26/h1-2,7-8H,3-6,9H2,(H2,20,26)(H,21,22). The maximum absolute atomic E-state index is 12.1. The summed E-state index contributed by atoms with van der Waals surface area (Å²) < 4.78 is 40.7. The minimum atomic E-state index is -4.56. The van der Waals surface area contributed by atoms with Crippen LogP contribution in [-0.2, 0) is 9.53 Å². The Morgan fingerprint density at radius 2 is 2.00 bits per heavy atom. The van der Waals surface area contributed by atoms with E-state index in [0.717, 1.165) is 0 Å². The molecule has 0 saturated carbocycles. The van der Waals surface area contributed by atoms with Crippen LogP contribution < -0.4 is 10.6 Å². The smallest absolute Gasteiger partial charge is 0.422 e. The molecule has 2 aromatic heterocycles. The summed E-state index contributed by atoms with van der Waals surface area (Å²) in [6.07, 6.45) is 0.375. The van der Waals surface area contributed by atoms with Crippen molar-refractivity contribution in [2.75, 3.05) is 37.7 Å². The van der Waals surface area contributed by atoms with Crippen molar-refractivity contribution in [2.45, 2.75) is 6.18 Å². The van der Waals surface area contributed by atoms with Gasteiger partial charge < -0.3 is 25.3 Å². The predicted molar refractivity (Wildman–Crippen MR) is 93.3 cm³/mol. The molecule has 0 spiro atoms. The van der Waals surface area contributed by atoms with Gasteiger partial charge in [-0.1, -0.05) is 0 Å². The molecule has 1 saturated heterocycles. The lowest BCUT2D eigenvalue weighted by Gasteiger charge is -2.34. The largest absolute Gasteiger partial charge is 0.440 e. The van der Waals surface area contributed by atoms with Gasteiger partial charge in [-0.15, -0.1) is 0 Å². The summed E-state index contributed by atoms with van der Waals surface area (Å²) in [7, 11) is 0. The molecule has 150 valence electrons. The molecule has 1 aliphatic rings. The summed E-state index contributed by atoms with van der Waals surface area (Å²) in [5, 5.41) is 0. The highest BCUT2D eigenvalue weighted by molar-refractivity contribution is 5.93. The number of carbonyl (C=O) groups excluding carboxylic acids is 2. The number of hydrogen-bond acceptors (Lipinski definition) is 6. The van der Waals surface area contributed by atoms with Crippen LogP contribution >= 0.6 is 0 Å². The second-order valence-corrected chi connectivity index (χ2v) is 6.05. The number of piperazine rings is 1. The number of primary amides is 1. The monoisotopic (exact) mass is 398 g/mol. The highest BCUT2D eigenvalue weighted by atomic mass is 19.4. The topological polar surface area (TPSA) is 117 Å². The summed E-state index contributed by atoms with van der Waals surface area (Å²) in [5.74, 6) is -0.0453. The van der Waals surface area contributed by atoms with Gasteiger partial charge in [0.25, 0.3) is 0 Å². The van der Waals surface area contributed by atoms with Crippen LogP contribution in [0.25, 0.3) is 17.2 Å². The summed E-state index contributed by atoms with van der Waals surface area (Å²) in [6.45, 7) is -0.504. The Kier molecular flexibility index (Phi) is 5.38. The summed E-state index contributed by atoms with van der Waals surface area (Å²) in [6, 6.07) is 0. The Hall–Kier alpha value is -3.31. The number of alkyl halides is 3. The Balaban J connectivity index is 1.65. The molecule has 0 bridgehead atoms. The normalized spacial score (nSPS) is 15.4. The molecule has 0 aromatic carbocycles. The zero-order valence-electron chi connectivity index (χ0n) is 14.6. The first-order valence-corrected chi connectivity index (χ1v) is 8.28. The highest BCUT2D eigenvalue weighted by Gasteiger charge is 2.31. The van der Waals surface area contributed by atoms with Gasteiger partial charge in [-0.3, -0.25) is 4.79 Å². The van der Waals surface area contributed by atoms with Gasteiger partial charge in [-0.05, 0) is 6.08 Å². The van der Waals surface area contributed by atoms with Gasteiger partial charge in [0.1, 0.15) is 11.3 Å². The molecule has 0 unspecified atom stereocenters. The minimum Gasteiger partial charge on any atom is -0.440 e. The molecule has 0 radical (unpaired) electrons. The minimum absolute atomic E-state index is 0.192. The number of nitrogens with one attached hydrogen (secondary N) is 1. The Morgan fingerprint density at radius 3 is 2.64 bits per heavy atom. The van der Waals surface area contributed by atoms with Gasteiger partial charge in [0.15, 0.2) is 12.3 Å². The lowest BCUT2D eigenvalue weighted by atomic mass is 10.2. The number of nitrogens with zero attached hydrogens (tertiary/aromatic N) is 4. The number of carbonyl (C=O) groups is 2. The first-order valence-electron chi connectivity index (χ1n) is 8.28. The van der Waals surface area contributed by atoms with E-state index in [1.54, 1.807) is 12.4 Å². The Labute approximate surface area is 157 Å². The number of nitrogens with two attached hydrogens (primary N) is 1. The Bertz CT molecular complexity index is 903. The fraction of sp³-hybridized carbons (Fsp3) is 0.375. The van der Waals surface area contributed by atoms with Crippen molar-refractivity contribution in [2.24, 2.45) is 5.73 Å². The van der Waals surface area contributed by atoms with Crippen LogP contribution in [0.5, 0.6) is 0 Å². The molecule has 1 aliphatic heterocycles. The molecular weight excluding hydrogens is 381 g/mol. The molecule has 9 nitrogen and oxygen atoms in total. The second-order valence-electron chi connectivity index (χ2n) is 6.05. The molecule has 28 heavy (non-hydrogen) atoms. The SMILES string of the molecule is NC(=O)C=Cc1c[nH]c2ncc(N3CCN(C(=O)OCC(F)(F)F)CC3)nc12. The molecular formula is C16H17F3N6O3. The van der Waals surface area contributed by atoms with Gasteiger partial charge in [-0.25, -0.2) is 14.8 Å². The number of rotatable bonds is 4. The van der Waals surface area contributed by atoms with Gasteiger partial charge >= 0.3 is 12.3 Å². The molecule has 2 amide bonds. The maximum atomic E-state index is 12.1. The average molecular weight is 398 g/mol. The number of halogens is 3. The molecule has 0 atom stereocenters. The van der Waals surface area contributed by atoms with Crippen molar-refractivity contribution in [3.05, 3.63) is 24.0 Å². The predicted octanol–water partition coefficient (Wildman–Crippen LogP) is 1.28. The molecule has 3 N–H and O–H groups in total. The van der Waals surface area contributed by atoms with Gasteiger partial charge in [-0.2, -0.15) is 13.2 Å². The van der Waals surface area contributed by atoms with Crippen LogP contribution in [0.3, 0.4) is 0 Å². The number of amides is 2. The number of hydrogen-bond donors (Lipinski definition) is 2. The molecule has 12 heteroatoms. The van der Waals surface area contributed by atoms with E-state index in [4.69, 9.17) is 5.73 Å². The molecule has 2 aromatic rings. The lowest BCUT2D eigenvalue weighted by Crippen LogP contribution is -2.49. The van der Waals surface area contributed by atoms with Crippen LogP contribution in [0.4, 0.5) is 23.8 Å². The summed E-state index contributed by atoms with van der Waals surface area (Å²) in [4.78, 5) is 37.4. The van der Waals surface area contributed by atoms with Crippen LogP contribution in [-0.4, -0.2) is 70.8 Å². The average Bonchev–Trinajstić information content (AvgIpc) is 3.06. The van der Waals surface area contributed by atoms with E-state index in [0.29, 0.717) is 35.6 Å². The van der Waals surface area contributed by atoms with E-state index in [9.17, 15) is 22.8 Å². The van der Waals surface area contributed by atoms with Crippen molar-refractivity contribution in [1.29, 1.82) is 0 Å². The van der Waals surface area contributed by atoms with E-state index < -0.39 is 24.8 Å². The number of anilines is 1. The van der Waals surface area contributed by atoms with Crippen molar-refractivity contribution >= 4 is 35.1 Å². The fourth-order valence-electron chi connectivity index (χ4n) is 2.71. The fourth-order valence-corrected chi connectivity index (χ4v) is 2.71. The van der Waals surface area contributed by atoms with E-state index in [-0.39, 0.29) is 13.1 Å². The third kappa shape index (κ3) is 4.69. The maximum Gasteiger partial charge on any atom is 0.422 e. The number of aromatic nitrogens is 3. The van der Waals surface area contributed by atoms with E-state index >= 15 is 0 Å². The second kappa shape index (κ2) is 7.74.